The van der Waals surface area contributed by atoms with Gasteiger partial charge in [0.1, 0.15) is 24.5 Å². The van der Waals surface area contributed by atoms with E-state index in [0.717, 1.165) is 11.6 Å². The van der Waals surface area contributed by atoms with Crippen LogP contribution in [0, 0.1) is 0 Å². The first-order chi connectivity index (χ1) is 8.43. The van der Waals surface area contributed by atoms with Gasteiger partial charge in [0.2, 0.25) is 0 Å². The lowest BCUT2D eigenvalue weighted by atomic mass is 10.0. The van der Waals surface area contributed by atoms with E-state index < -0.39 is 0 Å². The molecular weight excluding hydrogens is 214 g/mol. The number of hydrogen-bond acceptors (Lipinski definition) is 3. The Bertz CT molecular complexity index is 559. The number of fused-ring (bicyclic) bond motifs is 1. The van der Waals surface area contributed by atoms with E-state index >= 15 is 0 Å². The van der Waals surface area contributed by atoms with E-state index in [9.17, 15) is 0 Å². The first kappa shape index (κ1) is 9.22. The third-order valence-electron chi connectivity index (χ3n) is 3.55. The van der Waals surface area contributed by atoms with E-state index in [1.54, 1.807) is 0 Å². The van der Waals surface area contributed by atoms with Crippen molar-refractivity contribution in [3.05, 3.63) is 42.0 Å². The van der Waals surface area contributed by atoms with Crippen molar-refractivity contribution < 1.29 is 4.74 Å². The molecule has 1 aromatic heterocycles. The Morgan fingerprint density at radius 3 is 3.00 bits per heavy atom. The molecule has 1 fully saturated rings. The van der Waals surface area contributed by atoms with Crippen LogP contribution in [0.15, 0.2) is 30.6 Å². The molecule has 1 aliphatic heterocycles. The van der Waals surface area contributed by atoms with Gasteiger partial charge in [-0.25, -0.2) is 0 Å². The zero-order chi connectivity index (χ0) is 11.2. The molecular formula is C13H13N3O. The van der Waals surface area contributed by atoms with Gasteiger partial charge >= 0.3 is 0 Å². The molecule has 1 atom stereocenters. The zero-order valence-electron chi connectivity index (χ0n) is 9.41. The largest absolute Gasteiger partial charge is 0.492 e. The second kappa shape index (κ2) is 3.32. The average Bonchev–Trinajstić information content (AvgIpc) is 2.94. The predicted molar refractivity (Wildman–Crippen MR) is 62.1 cm³/mol. The van der Waals surface area contributed by atoms with Crippen LogP contribution in [0.25, 0.3) is 0 Å². The van der Waals surface area contributed by atoms with E-state index in [-0.39, 0.29) is 5.92 Å². The van der Waals surface area contributed by atoms with E-state index in [1.165, 1.54) is 18.4 Å². The topological polar surface area (TPSA) is 39.9 Å². The molecule has 0 N–H and O–H groups in total. The quantitative estimate of drug-likeness (QED) is 0.789. The van der Waals surface area contributed by atoms with Gasteiger partial charge < -0.3 is 9.30 Å². The lowest BCUT2D eigenvalue weighted by Crippen LogP contribution is -2.10. The molecule has 86 valence electrons. The molecule has 2 aromatic rings. The Labute approximate surface area is 99.2 Å². The van der Waals surface area contributed by atoms with Crippen LogP contribution < -0.4 is 4.74 Å². The van der Waals surface area contributed by atoms with E-state index in [0.29, 0.717) is 12.6 Å². The number of benzene rings is 1. The van der Waals surface area contributed by atoms with E-state index in [1.807, 2.05) is 18.5 Å². The van der Waals surface area contributed by atoms with Crippen LogP contribution >= 0.6 is 0 Å². The van der Waals surface area contributed by atoms with Crippen LogP contribution in [0.4, 0.5) is 0 Å². The van der Waals surface area contributed by atoms with Crippen molar-refractivity contribution in [2.24, 2.45) is 0 Å². The molecule has 0 saturated heterocycles. The highest BCUT2D eigenvalue weighted by molar-refractivity contribution is 5.42. The summed E-state index contributed by atoms with van der Waals surface area (Å²) >= 11 is 0. The van der Waals surface area contributed by atoms with Gasteiger partial charge in [0.15, 0.2) is 0 Å². The van der Waals surface area contributed by atoms with Crippen LogP contribution in [0.3, 0.4) is 0 Å². The van der Waals surface area contributed by atoms with Gasteiger partial charge in [-0.05, 0) is 18.9 Å². The fraction of sp³-hybridized carbons (Fsp3) is 0.385. The van der Waals surface area contributed by atoms with Crippen molar-refractivity contribution in [1.82, 2.24) is 14.8 Å². The van der Waals surface area contributed by atoms with Gasteiger partial charge in [0.25, 0.3) is 0 Å². The second-order valence-electron chi connectivity index (χ2n) is 4.73. The third kappa shape index (κ3) is 1.37. The Morgan fingerprint density at radius 2 is 2.12 bits per heavy atom. The Morgan fingerprint density at radius 1 is 1.24 bits per heavy atom. The highest BCUT2D eigenvalue weighted by Gasteiger charge is 2.33. The maximum Gasteiger partial charge on any atom is 0.144 e. The van der Waals surface area contributed by atoms with Gasteiger partial charge in [-0.2, -0.15) is 0 Å². The number of nitrogens with zero attached hydrogens (tertiary/aromatic N) is 3. The van der Waals surface area contributed by atoms with Crippen LogP contribution in [0.5, 0.6) is 5.75 Å². The molecule has 0 bridgehead atoms. The molecule has 4 nitrogen and oxygen atoms in total. The maximum atomic E-state index is 5.71. The monoisotopic (exact) mass is 227 g/mol. The maximum absolute atomic E-state index is 5.71. The summed E-state index contributed by atoms with van der Waals surface area (Å²) in [5, 5.41) is 8.35. The van der Waals surface area contributed by atoms with Crippen LogP contribution in [-0.4, -0.2) is 21.4 Å². The third-order valence-corrected chi connectivity index (χ3v) is 3.55. The van der Waals surface area contributed by atoms with Crippen LogP contribution in [-0.2, 0) is 0 Å². The van der Waals surface area contributed by atoms with Crippen molar-refractivity contribution in [3.8, 4) is 5.75 Å². The molecule has 0 spiro atoms. The van der Waals surface area contributed by atoms with Crippen molar-refractivity contribution in [2.75, 3.05) is 6.61 Å². The summed E-state index contributed by atoms with van der Waals surface area (Å²) in [7, 11) is 0. The van der Waals surface area contributed by atoms with E-state index in [2.05, 4.69) is 26.9 Å². The molecule has 17 heavy (non-hydrogen) atoms. The van der Waals surface area contributed by atoms with Crippen molar-refractivity contribution in [1.29, 1.82) is 0 Å². The number of hydrogen-bond donors (Lipinski definition) is 0. The summed E-state index contributed by atoms with van der Waals surface area (Å²) < 4.78 is 7.93. The highest BCUT2D eigenvalue weighted by atomic mass is 16.5. The first-order valence-corrected chi connectivity index (χ1v) is 6.04. The molecule has 1 aliphatic carbocycles. The van der Waals surface area contributed by atoms with Gasteiger partial charge in [0, 0.05) is 11.6 Å². The van der Waals surface area contributed by atoms with Gasteiger partial charge in [0.05, 0.1) is 5.92 Å². The second-order valence-corrected chi connectivity index (χ2v) is 4.73. The van der Waals surface area contributed by atoms with Crippen molar-refractivity contribution in [3.63, 3.8) is 0 Å². The SMILES string of the molecule is c1ccc2c(c1)OCC2c1nncn1C1CC1. The molecule has 2 aliphatic rings. The molecule has 0 radical (unpaired) electrons. The smallest absolute Gasteiger partial charge is 0.144 e. The molecule has 4 heteroatoms. The summed E-state index contributed by atoms with van der Waals surface area (Å²) in [5.74, 6) is 2.29. The lowest BCUT2D eigenvalue weighted by Gasteiger charge is -2.10. The molecule has 1 saturated carbocycles. The first-order valence-electron chi connectivity index (χ1n) is 6.04. The number of ether oxygens (including phenoxy) is 1. The fourth-order valence-corrected chi connectivity index (χ4v) is 2.51. The Kier molecular flexibility index (Phi) is 1.80. The van der Waals surface area contributed by atoms with Gasteiger partial charge in [-0.1, -0.05) is 18.2 Å². The standard InChI is InChI=1S/C13H13N3O/c1-2-4-12-10(3-1)11(7-17-12)13-15-14-8-16(13)9-5-6-9/h1-4,8-9,11H,5-7H2. The molecule has 1 aromatic carbocycles. The number of aromatic nitrogens is 3. The summed E-state index contributed by atoms with van der Waals surface area (Å²) in [6.45, 7) is 0.685. The minimum absolute atomic E-state index is 0.245. The minimum Gasteiger partial charge on any atom is -0.492 e. The zero-order valence-corrected chi connectivity index (χ0v) is 9.41. The number of para-hydroxylation sites is 1. The minimum atomic E-state index is 0.245. The predicted octanol–water partition coefficient (Wildman–Crippen LogP) is 2.14. The van der Waals surface area contributed by atoms with Crippen molar-refractivity contribution in [2.45, 2.75) is 24.8 Å². The summed E-state index contributed by atoms with van der Waals surface area (Å²) in [6, 6.07) is 8.82. The summed E-state index contributed by atoms with van der Waals surface area (Å²) in [4.78, 5) is 0. The average molecular weight is 227 g/mol. The number of rotatable bonds is 2. The Balaban J connectivity index is 1.78. The summed E-state index contributed by atoms with van der Waals surface area (Å²) in [5.41, 5.74) is 1.24. The molecule has 1 unspecified atom stereocenters. The lowest BCUT2D eigenvalue weighted by molar-refractivity contribution is 0.337. The molecule has 2 heterocycles. The van der Waals surface area contributed by atoms with Crippen molar-refractivity contribution >= 4 is 0 Å². The van der Waals surface area contributed by atoms with E-state index in [4.69, 9.17) is 4.74 Å². The summed E-state index contributed by atoms with van der Waals surface area (Å²) in [6.07, 6.45) is 4.36. The van der Waals surface area contributed by atoms with Crippen LogP contribution in [0.2, 0.25) is 0 Å². The molecule has 4 rings (SSSR count). The van der Waals surface area contributed by atoms with Gasteiger partial charge in [-0.3, -0.25) is 0 Å². The fourth-order valence-electron chi connectivity index (χ4n) is 2.51. The normalized spacial score (nSPS) is 22.2. The molecule has 0 amide bonds. The highest BCUT2D eigenvalue weighted by Crippen LogP contribution is 2.41. The Hall–Kier alpha value is -1.84. The van der Waals surface area contributed by atoms with Crippen LogP contribution in [0.1, 0.15) is 36.2 Å². The van der Waals surface area contributed by atoms with Gasteiger partial charge in [-0.15, -0.1) is 10.2 Å².